The lowest BCUT2D eigenvalue weighted by atomic mass is 10.3. The summed E-state index contributed by atoms with van der Waals surface area (Å²) in [6, 6.07) is 5.26. The molecule has 116 valence electrons. The molecule has 1 unspecified atom stereocenters. The number of para-hydroxylation sites is 1. The molecule has 0 spiro atoms. The topological polar surface area (TPSA) is 52.0 Å². The molecule has 0 bridgehead atoms. The zero-order valence-corrected chi connectivity index (χ0v) is 14.7. The van der Waals surface area contributed by atoms with Crippen molar-refractivity contribution in [3.8, 4) is 0 Å². The van der Waals surface area contributed by atoms with E-state index in [0.717, 1.165) is 30.1 Å². The maximum Gasteiger partial charge on any atom is 0.177 e. The van der Waals surface area contributed by atoms with Crippen molar-refractivity contribution in [1.29, 1.82) is 0 Å². The molecule has 0 N–H and O–H groups in total. The summed E-state index contributed by atoms with van der Waals surface area (Å²) in [5.41, 5.74) is 1.35. The number of fused-ring (bicyclic) bond motifs is 1. The van der Waals surface area contributed by atoms with Gasteiger partial charge in [0, 0.05) is 12.8 Å². The number of sulfone groups is 1. The van der Waals surface area contributed by atoms with Crippen LogP contribution in [0.5, 0.6) is 0 Å². The summed E-state index contributed by atoms with van der Waals surface area (Å²) in [6.07, 6.45) is 4.27. The fourth-order valence-corrected chi connectivity index (χ4v) is 3.76. The zero-order valence-electron chi connectivity index (χ0n) is 12.3. The van der Waals surface area contributed by atoms with Gasteiger partial charge in [0.15, 0.2) is 9.84 Å². The summed E-state index contributed by atoms with van der Waals surface area (Å²) < 4.78 is 25.9. The highest BCUT2D eigenvalue weighted by Crippen LogP contribution is 2.28. The number of benzene rings is 1. The number of nitrogens with zero attached hydrogens (tertiary/aromatic N) is 2. The second-order valence-electron chi connectivity index (χ2n) is 4.98. The third-order valence-electron chi connectivity index (χ3n) is 3.26. The van der Waals surface area contributed by atoms with E-state index < -0.39 is 9.84 Å². The van der Waals surface area contributed by atoms with Crippen molar-refractivity contribution in [2.24, 2.45) is 0 Å². The molecule has 1 heterocycles. The van der Waals surface area contributed by atoms with E-state index in [2.05, 4.69) is 11.2 Å². The number of hydrogen-bond acceptors (Lipinski definition) is 4. The Morgan fingerprint density at radius 1 is 1.43 bits per heavy atom. The number of thioether (sulfide) groups is 1. The van der Waals surface area contributed by atoms with Crippen LogP contribution in [0.15, 0.2) is 23.1 Å². The molecule has 0 amide bonds. The van der Waals surface area contributed by atoms with Gasteiger partial charge >= 0.3 is 0 Å². The Labute approximate surface area is 134 Å². The lowest BCUT2D eigenvalue weighted by Gasteiger charge is -2.10. The molecule has 0 aliphatic heterocycles. The molecule has 1 atom stereocenters. The Morgan fingerprint density at radius 3 is 2.71 bits per heavy atom. The first kappa shape index (κ1) is 16.6. The van der Waals surface area contributed by atoms with Crippen molar-refractivity contribution < 1.29 is 8.42 Å². The molecule has 2 aromatic rings. The summed E-state index contributed by atoms with van der Waals surface area (Å²) in [5.74, 6) is 1.77. The Kier molecular flexibility index (Phi) is 5.22. The van der Waals surface area contributed by atoms with Crippen LogP contribution < -0.4 is 0 Å². The van der Waals surface area contributed by atoms with Crippen molar-refractivity contribution >= 4 is 44.2 Å². The van der Waals surface area contributed by atoms with Crippen LogP contribution in [-0.4, -0.2) is 36.2 Å². The van der Waals surface area contributed by atoms with Crippen molar-refractivity contribution in [2.75, 3.05) is 18.3 Å². The van der Waals surface area contributed by atoms with E-state index in [0.29, 0.717) is 5.52 Å². The van der Waals surface area contributed by atoms with Gasteiger partial charge in [-0.2, -0.15) is 11.8 Å². The molecule has 0 aliphatic rings. The van der Waals surface area contributed by atoms with Crippen LogP contribution in [0.1, 0.15) is 24.5 Å². The van der Waals surface area contributed by atoms with Crippen molar-refractivity contribution in [3.05, 3.63) is 24.0 Å². The van der Waals surface area contributed by atoms with Crippen molar-refractivity contribution in [1.82, 2.24) is 9.55 Å². The number of alkyl halides is 1. The van der Waals surface area contributed by atoms with Gasteiger partial charge in [0.25, 0.3) is 0 Å². The van der Waals surface area contributed by atoms with Crippen molar-refractivity contribution in [3.63, 3.8) is 0 Å². The third-order valence-corrected chi connectivity index (χ3v) is 5.28. The maximum atomic E-state index is 11.9. The number of imidazole rings is 1. The van der Waals surface area contributed by atoms with E-state index in [-0.39, 0.29) is 10.3 Å². The van der Waals surface area contributed by atoms with Crippen LogP contribution in [0.25, 0.3) is 11.0 Å². The van der Waals surface area contributed by atoms with Gasteiger partial charge in [0.1, 0.15) is 11.3 Å². The highest BCUT2D eigenvalue weighted by atomic mass is 35.5. The molecule has 0 saturated heterocycles. The predicted octanol–water partition coefficient (Wildman–Crippen LogP) is 3.49. The van der Waals surface area contributed by atoms with Crippen LogP contribution in [0.3, 0.4) is 0 Å². The smallest absolute Gasteiger partial charge is 0.177 e. The Bertz CT molecular complexity index is 739. The predicted molar refractivity (Wildman–Crippen MR) is 90.1 cm³/mol. The fraction of sp³-hybridized carbons (Fsp3) is 0.500. The number of hydrogen-bond donors (Lipinski definition) is 0. The molecular formula is C14H19ClN2O2S2. The summed E-state index contributed by atoms with van der Waals surface area (Å²) in [7, 11) is -3.31. The number of aromatic nitrogens is 2. The van der Waals surface area contributed by atoms with Gasteiger partial charge in [0.2, 0.25) is 0 Å². The molecule has 2 rings (SSSR count). The highest BCUT2D eigenvalue weighted by molar-refractivity contribution is 7.98. The first-order valence-corrected chi connectivity index (χ1v) is 10.4. The summed E-state index contributed by atoms with van der Waals surface area (Å²) in [5, 5.41) is -0.265. The molecule has 0 saturated carbocycles. The molecule has 1 aromatic carbocycles. The van der Waals surface area contributed by atoms with Gasteiger partial charge in [-0.25, -0.2) is 13.4 Å². The minimum Gasteiger partial charge on any atom is -0.327 e. The second kappa shape index (κ2) is 6.58. The van der Waals surface area contributed by atoms with Crippen LogP contribution >= 0.6 is 23.4 Å². The first-order chi connectivity index (χ1) is 9.86. The lowest BCUT2D eigenvalue weighted by Crippen LogP contribution is -2.05. The molecule has 0 radical (unpaired) electrons. The molecule has 1 aromatic heterocycles. The summed E-state index contributed by atoms with van der Waals surface area (Å²) in [4.78, 5) is 4.77. The van der Waals surface area contributed by atoms with Crippen LogP contribution in [0, 0.1) is 0 Å². The summed E-state index contributed by atoms with van der Waals surface area (Å²) in [6.45, 7) is 2.64. The van der Waals surface area contributed by atoms with E-state index in [1.165, 1.54) is 6.26 Å². The van der Waals surface area contributed by atoms with E-state index in [1.807, 2.05) is 17.6 Å². The first-order valence-electron chi connectivity index (χ1n) is 6.68. The van der Waals surface area contributed by atoms with E-state index in [9.17, 15) is 8.42 Å². The fourth-order valence-electron chi connectivity index (χ4n) is 2.34. The largest absolute Gasteiger partial charge is 0.327 e. The minimum atomic E-state index is -3.31. The van der Waals surface area contributed by atoms with Gasteiger partial charge in [-0.15, -0.1) is 11.6 Å². The molecule has 21 heavy (non-hydrogen) atoms. The Hall–Kier alpha value is -0.720. The Balaban J connectivity index is 2.63. The average molecular weight is 347 g/mol. The van der Waals surface area contributed by atoms with Gasteiger partial charge in [-0.3, -0.25) is 0 Å². The monoisotopic (exact) mass is 346 g/mol. The third kappa shape index (κ3) is 3.55. The normalized spacial score (nSPS) is 13.7. The molecule has 4 nitrogen and oxygen atoms in total. The van der Waals surface area contributed by atoms with Gasteiger partial charge in [0.05, 0.1) is 15.8 Å². The second-order valence-corrected chi connectivity index (χ2v) is 8.60. The standard InChI is InChI=1S/C14H19ClN2O2S2/c1-10(15)14-16-13-11(17(14)8-5-9-20-2)6-4-7-12(13)21(3,18)19/h4,6-7,10H,5,8-9H2,1-3H3. The lowest BCUT2D eigenvalue weighted by molar-refractivity contribution is 0.602. The quantitative estimate of drug-likeness (QED) is 0.593. The van der Waals surface area contributed by atoms with Crippen molar-refractivity contribution in [2.45, 2.75) is 30.2 Å². The number of halogens is 1. The van der Waals surface area contributed by atoms with Gasteiger partial charge in [-0.05, 0) is 37.5 Å². The SMILES string of the molecule is CSCCCn1c(C(C)Cl)nc2c(S(C)(=O)=O)cccc21. The average Bonchev–Trinajstić information content (AvgIpc) is 2.77. The summed E-state index contributed by atoms with van der Waals surface area (Å²) >= 11 is 8.01. The number of aryl methyl sites for hydroxylation is 1. The zero-order chi connectivity index (χ0) is 15.6. The molecule has 0 aliphatic carbocycles. The molecular weight excluding hydrogens is 328 g/mol. The van der Waals surface area contributed by atoms with E-state index in [1.54, 1.807) is 23.9 Å². The number of rotatable bonds is 6. The van der Waals surface area contributed by atoms with Gasteiger partial charge in [-0.1, -0.05) is 6.07 Å². The van der Waals surface area contributed by atoms with Crippen LogP contribution in [0.4, 0.5) is 0 Å². The van der Waals surface area contributed by atoms with Crippen LogP contribution in [0.2, 0.25) is 0 Å². The minimum absolute atomic E-state index is 0.265. The van der Waals surface area contributed by atoms with Crippen LogP contribution in [-0.2, 0) is 16.4 Å². The molecule has 0 fully saturated rings. The van der Waals surface area contributed by atoms with E-state index >= 15 is 0 Å². The highest BCUT2D eigenvalue weighted by Gasteiger charge is 2.20. The Morgan fingerprint density at radius 2 is 2.14 bits per heavy atom. The maximum absolute atomic E-state index is 11.9. The van der Waals surface area contributed by atoms with Gasteiger partial charge < -0.3 is 4.57 Å². The van der Waals surface area contributed by atoms with E-state index in [4.69, 9.17) is 11.6 Å². The molecule has 7 heteroatoms.